The molecule has 0 bridgehead atoms. The molecule has 0 amide bonds. The van der Waals surface area contributed by atoms with E-state index < -0.39 is 11.9 Å². The molecule has 0 radical (unpaired) electrons. The van der Waals surface area contributed by atoms with Crippen LogP contribution in [0.1, 0.15) is 23.2 Å². The van der Waals surface area contributed by atoms with Gasteiger partial charge in [-0.15, -0.1) is 0 Å². The third-order valence-electron chi connectivity index (χ3n) is 2.44. The van der Waals surface area contributed by atoms with Crippen LogP contribution in [-0.2, 0) is 19.1 Å². The molecule has 0 N–H and O–H groups in total. The van der Waals surface area contributed by atoms with Gasteiger partial charge in [-0.1, -0.05) is 30.3 Å². The summed E-state index contributed by atoms with van der Waals surface area (Å²) in [6, 6.07) is 8.92. The van der Waals surface area contributed by atoms with E-state index in [4.69, 9.17) is 4.74 Å². The second kappa shape index (κ2) is 8.63. The molecular formula is C15H16O5. The molecule has 0 aromatic heterocycles. The number of hydrogen-bond acceptors (Lipinski definition) is 5. The van der Waals surface area contributed by atoms with E-state index >= 15 is 0 Å². The Morgan fingerprint density at radius 2 is 1.70 bits per heavy atom. The molecule has 0 aliphatic heterocycles. The van der Waals surface area contributed by atoms with E-state index in [0.717, 1.165) is 12.2 Å². The van der Waals surface area contributed by atoms with Crippen LogP contribution < -0.4 is 0 Å². The fourth-order valence-electron chi connectivity index (χ4n) is 1.43. The molecule has 0 fully saturated rings. The highest BCUT2D eigenvalue weighted by atomic mass is 16.5. The van der Waals surface area contributed by atoms with Gasteiger partial charge in [0.25, 0.3) is 0 Å². The number of ether oxygens (including phenoxy) is 2. The molecule has 0 atom stereocenters. The molecule has 0 heterocycles. The molecule has 20 heavy (non-hydrogen) atoms. The average molecular weight is 276 g/mol. The lowest BCUT2D eigenvalue weighted by molar-refractivity contribution is -0.139. The number of ketones is 1. The second-order valence-electron chi connectivity index (χ2n) is 3.92. The standard InChI is InChI=1S/C15H16O5/c1-19-14(17)9-10-15(18)20-11-5-8-13(16)12-6-3-2-4-7-12/h2-4,6-7,9-10H,5,8,11H2,1H3/b10-9+. The number of esters is 2. The largest absolute Gasteiger partial charge is 0.466 e. The zero-order valence-corrected chi connectivity index (χ0v) is 11.2. The van der Waals surface area contributed by atoms with Gasteiger partial charge in [0.2, 0.25) is 0 Å². The van der Waals surface area contributed by atoms with E-state index in [0.29, 0.717) is 18.4 Å². The highest BCUT2D eigenvalue weighted by Crippen LogP contribution is 2.05. The average Bonchev–Trinajstić information content (AvgIpc) is 2.49. The van der Waals surface area contributed by atoms with Crippen molar-refractivity contribution in [3.8, 4) is 0 Å². The van der Waals surface area contributed by atoms with Gasteiger partial charge in [0, 0.05) is 24.1 Å². The molecule has 1 rings (SSSR count). The Balaban J connectivity index is 2.22. The first-order valence-corrected chi connectivity index (χ1v) is 6.14. The Bertz CT molecular complexity index is 490. The van der Waals surface area contributed by atoms with Crippen LogP contribution in [0.15, 0.2) is 42.5 Å². The van der Waals surface area contributed by atoms with Gasteiger partial charge >= 0.3 is 11.9 Å². The fourth-order valence-corrected chi connectivity index (χ4v) is 1.43. The van der Waals surface area contributed by atoms with Crippen LogP contribution in [0.4, 0.5) is 0 Å². The van der Waals surface area contributed by atoms with Crippen LogP contribution in [-0.4, -0.2) is 31.4 Å². The van der Waals surface area contributed by atoms with Gasteiger partial charge in [-0.2, -0.15) is 0 Å². The van der Waals surface area contributed by atoms with Crippen molar-refractivity contribution in [3.63, 3.8) is 0 Å². The molecule has 1 aromatic rings. The van der Waals surface area contributed by atoms with Gasteiger partial charge < -0.3 is 9.47 Å². The SMILES string of the molecule is COC(=O)/C=C/C(=O)OCCCC(=O)c1ccccc1. The van der Waals surface area contributed by atoms with Crippen molar-refractivity contribution < 1.29 is 23.9 Å². The molecule has 5 heteroatoms. The summed E-state index contributed by atoms with van der Waals surface area (Å²) in [5.41, 5.74) is 0.643. The highest BCUT2D eigenvalue weighted by molar-refractivity contribution is 5.96. The number of methoxy groups -OCH3 is 1. The zero-order valence-electron chi connectivity index (χ0n) is 11.2. The summed E-state index contributed by atoms with van der Waals surface area (Å²) >= 11 is 0. The van der Waals surface area contributed by atoms with E-state index in [-0.39, 0.29) is 12.4 Å². The first-order valence-electron chi connectivity index (χ1n) is 6.14. The molecule has 0 saturated carbocycles. The van der Waals surface area contributed by atoms with Gasteiger partial charge in [0.1, 0.15) is 0 Å². The van der Waals surface area contributed by atoms with Crippen molar-refractivity contribution in [2.45, 2.75) is 12.8 Å². The third-order valence-corrected chi connectivity index (χ3v) is 2.44. The normalized spacial score (nSPS) is 10.2. The predicted octanol–water partition coefficient (Wildman–Crippen LogP) is 1.92. The Labute approximate surface area is 117 Å². The smallest absolute Gasteiger partial charge is 0.331 e. The van der Waals surface area contributed by atoms with Crippen LogP contribution in [0.25, 0.3) is 0 Å². The van der Waals surface area contributed by atoms with Crippen LogP contribution in [0.3, 0.4) is 0 Å². The molecule has 0 aliphatic carbocycles. The van der Waals surface area contributed by atoms with Crippen molar-refractivity contribution in [2.24, 2.45) is 0 Å². The Kier molecular flexibility index (Phi) is 6.75. The molecule has 0 spiro atoms. The van der Waals surface area contributed by atoms with Crippen molar-refractivity contribution >= 4 is 17.7 Å². The van der Waals surface area contributed by atoms with Crippen LogP contribution in [0, 0.1) is 0 Å². The summed E-state index contributed by atoms with van der Waals surface area (Å²) < 4.78 is 9.17. The van der Waals surface area contributed by atoms with E-state index in [9.17, 15) is 14.4 Å². The number of rotatable bonds is 7. The molecule has 0 saturated heterocycles. The Morgan fingerprint density at radius 1 is 1.05 bits per heavy atom. The summed E-state index contributed by atoms with van der Waals surface area (Å²) in [6.07, 6.45) is 2.71. The van der Waals surface area contributed by atoms with E-state index in [1.165, 1.54) is 7.11 Å². The summed E-state index contributed by atoms with van der Waals surface area (Å²) in [7, 11) is 1.22. The van der Waals surface area contributed by atoms with Crippen LogP contribution >= 0.6 is 0 Å². The summed E-state index contributed by atoms with van der Waals surface area (Å²) in [6.45, 7) is 0.128. The summed E-state index contributed by atoms with van der Waals surface area (Å²) in [5.74, 6) is -1.25. The first-order chi connectivity index (χ1) is 9.63. The zero-order chi connectivity index (χ0) is 14.8. The Morgan fingerprint density at radius 3 is 2.35 bits per heavy atom. The number of carbonyl (C=O) groups excluding carboxylic acids is 3. The molecule has 1 aromatic carbocycles. The summed E-state index contributed by atoms with van der Waals surface area (Å²) in [5, 5.41) is 0. The number of Topliss-reactive ketones (excluding diaryl/α,β-unsaturated/α-hetero) is 1. The lowest BCUT2D eigenvalue weighted by Gasteiger charge is -2.02. The number of carbonyl (C=O) groups is 3. The van der Waals surface area contributed by atoms with Crippen LogP contribution in [0.5, 0.6) is 0 Å². The predicted molar refractivity (Wildman–Crippen MR) is 72.1 cm³/mol. The van der Waals surface area contributed by atoms with Gasteiger partial charge in [0.05, 0.1) is 13.7 Å². The maximum Gasteiger partial charge on any atom is 0.331 e. The van der Waals surface area contributed by atoms with Crippen LogP contribution in [0.2, 0.25) is 0 Å². The Hall–Kier alpha value is -2.43. The molecule has 0 unspecified atom stereocenters. The van der Waals surface area contributed by atoms with Gasteiger partial charge in [0.15, 0.2) is 5.78 Å². The monoisotopic (exact) mass is 276 g/mol. The number of hydrogen-bond donors (Lipinski definition) is 0. The second-order valence-corrected chi connectivity index (χ2v) is 3.92. The highest BCUT2D eigenvalue weighted by Gasteiger charge is 2.05. The van der Waals surface area contributed by atoms with Crippen molar-refractivity contribution in [2.75, 3.05) is 13.7 Å². The third kappa shape index (κ3) is 5.95. The van der Waals surface area contributed by atoms with Gasteiger partial charge in [-0.3, -0.25) is 4.79 Å². The lowest BCUT2D eigenvalue weighted by Crippen LogP contribution is -2.06. The lowest BCUT2D eigenvalue weighted by atomic mass is 10.1. The first kappa shape index (κ1) is 15.6. The van der Waals surface area contributed by atoms with Gasteiger partial charge in [-0.05, 0) is 6.42 Å². The van der Waals surface area contributed by atoms with E-state index in [1.54, 1.807) is 24.3 Å². The maximum absolute atomic E-state index is 11.7. The molecule has 106 valence electrons. The minimum absolute atomic E-state index is 0.00625. The van der Waals surface area contributed by atoms with Crippen molar-refractivity contribution in [1.82, 2.24) is 0 Å². The summed E-state index contributed by atoms with van der Waals surface area (Å²) in [4.78, 5) is 33.6. The topological polar surface area (TPSA) is 69.7 Å². The molecule has 0 aliphatic rings. The van der Waals surface area contributed by atoms with Crippen molar-refractivity contribution in [1.29, 1.82) is 0 Å². The fraction of sp³-hybridized carbons (Fsp3) is 0.267. The van der Waals surface area contributed by atoms with E-state index in [1.807, 2.05) is 6.07 Å². The number of benzene rings is 1. The van der Waals surface area contributed by atoms with Gasteiger partial charge in [-0.25, -0.2) is 9.59 Å². The minimum Gasteiger partial charge on any atom is -0.466 e. The maximum atomic E-state index is 11.7. The molecule has 5 nitrogen and oxygen atoms in total. The minimum atomic E-state index is -0.637. The van der Waals surface area contributed by atoms with Crippen molar-refractivity contribution in [3.05, 3.63) is 48.0 Å². The van der Waals surface area contributed by atoms with E-state index in [2.05, 4.69) is 4.74 Å². The molecular weight excluding hydrogens is 260 g/mol. The quantitative estimate of drug-likeness (QED) is 0.329.